The van der Waals surface area contributed by atoms with Crippen LogP contribution in [0.1, 0.15) is 23.2 Å². The average Bonchev–Trinajstić information content (AvgIpc) is 2.52. The normalized spacial score (nSPS) is 18.8. The molecule has 2 N–H and O–H groups in total. The van der Waals surface area contributed by atoms with E-state index in [4.69, 9.17) is 0 Å². The number of nitrogens with zero attached hydrogens (tertiary/aromatic N) is 1. The van der Waals surface area contributed by atoms with E-state index in [-0.39, 0.29) is 30.9 Å². The molecule has 24 heavy (non-hydrogen) atoms. The van der Waals surface area contributed by atoms with Gasteiger partial charge in [0.05, 0.1) is 18.4 Å². The van der Waals surface area contributed by atoms with Crippen LogP contribution in [0.15, 0.2) is 24.3 Å². The predicted molar refractivity (Wildman–Crippen MR) is 99.1 cm³/mol. The monoisotopic (exact) mass is 465 g/mol. The molecule has 0 spiro atoms. The van der Waals surface area contributed by atoms with Crippen LogP contribution in [0.2, 0.25) is 0 Å². The lowest BCUT2D eigenvalue weighted by Crippen LogP contribution is -2.51. The highest BCUT2D eigenvalue weighted by atomic mass is 127. The van der Waals surface area contributed by atoms with Crippen molar-refractivity contribution < 1.29 is 18.0 Å². The third kappa shape index (κ3) is 5.42. The number of rotatable bonds is 5. The van der Waals surface area contributed by atoms with E-state index in [1.807, 2.05) is 12.1 Å². The Hall–Kier alpha value is -1.20. The van der Waals surface area contributed by atoms with Crippen LogP contribution < -0.4 is 10.6 Å². The molecule has 1 atom stereocenters. The first-order valence-corrected chi connectivity index (χ1v) is 10.5. The number of carbonyl (C=O) groups is 2. The molecule has 2 rings (SSSR count). The molecule has 0 aromatic heterocycles. The number of carbonyl (C=O) groups excluding carboxylic acids is 2. The van der Waals surface area contributed by atoms with E-state index in [1.165, 1.54) is 10.6 Å². The van der Waals surface area contributed by atoms with Crippen LogP contribution in [0, 0.1) is 3.57 Å². The van der Waals surface area contributed by atoms with E-state index < -0.39 is 10.0 Å². The molecule has 0 aliphatic carbocycles. The van der Waals surface area contributed by atoms with Crippen LogP contribution >= 0.6 is 22.6 Å². The molecule has 0 radical (unpaired) electrons. The fourth-order valence-corrected chi connectivity index (χ4v) is 4.09. The number of halogens is 1. The van der Waals surface area contributed by atoms with Crippen molar-refractivity contribution in [1.29, 1.82) is 0 Å². The van der Waals surface area contributed by atoms with E-state index in [0.717, 1.165) is 9.99 Å². The number of benzene rings is 1. The van der Waals surface area contributed by atoms with E-state index >= 15 is 0 Å². The molecular weight excluding hydrogens is 445 g/mol. The van der Waals surface area contributed by atoms with Gasteiger partial charge in [-0.1, -0.05) is 12.1 Å². The minimum atomic E-state index is -3.25. The largest absolute Gasteiger partial charge is 0.351 e. The molecule has 1 aromatic carbocycles. The van der Waals surface area contributed by atoms with E-state index in [1.54, 1.807) is 12.1 Å². The van der Waals surface area contributed by atoms with Crippen LogP contribution in [0.3, 0.4) is 0 Å². The van der Waals surface area contributed by atoms with E-state index in [9.17, 15) is 18.0 Å². The molecule has 0 bridgehead atoms. The second-order valence-electron chi connectivity index (χ2n) is 5.69. The third-order valence-electron chi connectivity index (χ3n) is 3.75. The number of hydrogen-bond donors (Lipinski definition) is 2. The Balaban J connectivity index is 1.83. The zero-order valence-corrected chi connectivity index (χ0v) is 16.3. The highest BCUT2D eigenvalue weighted by Gasteiger charge is 2.26. The molecule has 0 saturated carbocycles. The van der Waals surface area contributed by atoms with Crippen molar-refractivity contribution in [3.05, 3.63) is 33.4 Å². The molecule has 7 nitrogen and oxygen atoms in total. The summed E-state index contributed by atoms with van der Waals surface area (Å²) in [4.78, 5) is 24.1. The van der Waals surface area contributed by atoms with Gasteiger partial charge in [-0.3, -0.25) is 9.59 Å². The summed E-state index contributed by atoms with van der Waals surface area (Å²) in [7, 11) is -3.25. The molecule has 1 saturated heterocycles. The first-order valence-electron chi connectivity index (χ1n) is 7.54. The molecule has 1 aromatic rings. The summed E-state index contributed by atoms with van der Waals surface area (Å²) in [5.41, 5.74) is 0.520. The molecule has 9 heteroatoms. The summed E-state index contributed by atoms with van der Waals surface area (Å²) in [6, 6.07) is 6.88. The smallest absolute Gasteiger partial charge is 0.252 e. The zero-order valence-electron chi connectivity index (χ0n) is 13.3. The zero-order chi connectivity index (χ0) is 17.7. The number of sulfonamides is 1. The van der Waals surface area contributed by atoms with Crippen LogP contribution in [0.25, 0.3) is 0 Å². The van der Waals surface area contributed by atoms with Gasteiger partial charge in [0, 0.05) is 22.7 Å². The summed E-state index contributed by atoms with van der Waals surface area (Å²) in [5.74, 6) is -0.633. The third-order valence-corrected chi connectivity index (χ3v) is 5.96. The van der Waals surface area contributed by atoms with Crippen molar-refractivity contribution in [2.45, 2.75) is 18.9 Å². The fraction of sp³-hybridized carbons (Fsp3) is 0.467. The van der Waals surface area contributed by atoms with Gasteiger partial charge in [-0.15, -0.1) is 0 Å². The molecule has 1 fully saturated rings. The van der Waals surface area contributed by atoms with Gasteiger partial charge in [0.1, 0.15) is 0 Å². The topological polar surface area (TPSA) is 95.6 Å². The molecule has 2 amide bonds. The maximum absolute atomic E-state index is 12.1. The summed E-state index contributed by atoms with van der Waals surface area (Å²) in [5, 5.41) is 5.36. The highest BCUT2D eigenvalue weighted by molar-refractivity contribution is 14.1. The molecule has 1 aliphatic rings. The summed E-state index contributed by atoms with van der Waals surface area (Å²) in [6.07, 6.45) is 2.59. The van der Waals surface area contributed by atoms with Gasteiger partial charge in [0.2, 0.25) is 15.9 Å². The van der Waals surface area contributed by atoms with Crippen LogP contribution in [0.4, 0.5) is 0 Å². The maximum Gasteiger partial charge on any atom is 0.252 e. The second-order valence-corrected chi connectivity index (χ2v) is 8.83. The lowest BCUT2D eigenvalue weighted by molar-refractivity contribution is -0.121. The fourth-order valence-electron chi connectivity index (χ4n) is 2.54. The SMILES string of the molecule is CS(=O)(=O)N1CCCC(NC(=O)CNC(=O)c2ccccc2I)C1. The summed E-state index contributed by atoms with van der Waals surface area (Å²) in [6.45, 7) is 0.614. The van der Waals surface area contributed by atoms with Gasteiger partial charge in [-0.05, 0) is 47.6 Å². The quantitative estimate of drug-likeness (QED) is 0.622. The minimum Gasteiger partial charge on any atom is -0.351 e. The first kappa shape index (κ1) is 19.1. The summed E-state index contributed by atoms with van der Waals surface area (Å²) < 4.78 is 25.3. The van der Waals surface area contributed by atoms with Gasteiger partial charge in [0.15, 0.2) is 0 Å². The minimum absolute atomic E-state index is 0.140. The lowest BCUT2D eigenvalue weighted by atomic mass is 10.1. The van der Waals surface area contributed by atoms with Crippen molar-refractivity contribution in [1.82, 2.24) is 14.9 Å². The first-order chi connectivity index (χ1) is 11.3. The predicted octanol–water partition coefficient (Wildman–Crippen LogP) is 0.561. The van der Waals surface area contributed by atoms with Crippen LogP contribution in [0.5, 0.6) is 0 Å². The van der Waals surface area contributed by atoms with Gasteiger partial charge in [-0.2, -0.15) is 0 Å². The lowest BCUT2D eigenvalue weighted by Gasteiger charge is -2.31. The number of piperidine rings is 1. The van der Waals surface area contributed by atoms with Crippen molar-refractivity contribution in [2.24, 2.45) is 0 Å². The molecule has 1 heterocycles. The Morgan fingerprint density at radius 1 is 1.33 bits per heavy atom. The Bertz CT molecular complexity index is 723. The Morgan fingerprint density at radius 3 is 2.71 bits per heavy atom. The van der Waals surface area contributed by atoms with Gasteiger partial charge in [0.25, 0.3) is 5.91 Å². The number of amides is 2. The Labute approximate surface area is 155 Å². The Morgan fingerprint density at radius 2 is 2.04 bits per heavy atom. The van der Waals surface area contributed by atoms with Crippen LogP contribution in [-0.2, 0) is 14.8 Å². The van der Waals surface area contributed by atoms with E-state index in [2.05, 4.69) is 33.2 Å². The molecule has 1 unspecified atom stereocenters. The molecule has 132 valence electrons. The Kier molecular flexibility index (Phi) is 6.58. The highest BCUT2D eigenvalue weighted by Crippen LogP contribution is 2.13. The molecular formula is C15H20IN3O4S. The standard InChI is InChI=1S/C15H20IN3O4S/c1-24(22,23)19-8-4-5-11(10-19)18-14(20)9-17-15(21)12-6-2-3-7-13(12)16/h2-3,6-7,11H,4-5,8-10H2,1H3,(H,17,21)(H,18,20). The van der Waals surface area contributed by atoms with Gasteiger partial charge >= 0.3 is 0 Å². The van der Waals surface area contributed by atoms with E-state index in [0.29, 0.717) is 18.5 Å². The van der Waals surface area contributed by atoms with Crippen LogP contribution in [-0.4, -0.2) is 56.5 Å². The van der Waals surface area contributed by atoms with Crippen molar-refractivity contribution >= 4 is 44.4 Å². The summed E-state index contributed by atoms with van der Waals surface area (Å²) >= 11 is 2.06. The number of hydrogen-bond acceptors (Lipinski definition) is 4. The second kappa shape index (κ2) is 8.26. The van der Waals surface area contributed by atoms with Crippen molar-refractivity contribution in [3.8, 4) is 0 Å². The molecule has 1 aliphatic heterocycles. The van der Waals surface area contributed by atoms with Gasteiger partial charge < -0.3 is 10.6 Å². The van der Waals surface area contributed by atoms with Gasteiger partial charge in [-0.25, -0.2) is 12.7 Å². The van der Waals surface area contributed by atoms with Crippen molar-refractivity contribution in [2.75, 3.05) is 25.9 Å². The maximum atomic E-state index is 12.1. The number of nitrogens with one attached hydrogen (secondary N) is 2. The average molecular weight is 465 g/mol. The van der Waals surface area contributed by atoms with Crippen molar-refractivity contribution in [3.63, 3.8) is 0 Å².